The molecule has 1 heterocycles. The molecule has 1 aliphatic rings. The van der Waals surface area contributed by atoms with Crippen molar-refractivity contribution in [1.29, 1.82) is 0 Å². The van der Waals surface area contributed by atoms with E-state index in [0.717, 1.165) is 48.7 Å². The zero-order valence-electron chi connectivity index (χ0n) is 11.5. The highest BCUT2D eigenvalue weighted by Crippen LogP contribution is 2.25. The van der Waals surface area contributed by atoms with Crippen LogP contribution in [-0.2, 0) is 19.4 Å². The fourth-order valence-electron chi connectivity index (χ4n) is 2.84. The van der Waals surface area contributed by atoms with Crippen molar-refractivity contribution in [2.75, 3.05) is 18.8 Å². The van der Waals surface area contributed by atoms with Gasteiger partial charge in [0.1, 0.15) is 0 Å². The van der Waals surface area contributed by atoms with Gasteiger partial charge >= 0.3 is 0 Å². The Morgan fingerprint density at radius 1 is 0.950 bits per heavy atom. The highest BCUT2D eigenvalue weighted by atomic mass is 35.5. The zero-order valence-corrected chi connectivity index (χ0v) is 12.2. The molecule has 0 spiro atoms. The minimum absolute atomic E-state index is 0.770. The minimum Gasteiger partial charge on any atom is -0.398 e. The molecule has 3 heteroatoms. The number of halogens is 1. The number of rotatable bonds is 2. The van der Waals surface area contributed by atoms with E-state index in [-0.39, 0.29) is 0 Å². The lowest BCUT2D eigenvalue weighted by Gasteiger charge is -2.21. The lowest BCUT2D eigenvalue weighted by molar-refractivity contribution is 0.280. The number of hydrogen-bond donors (Lipinski definition) is 1. The van der Waals surface area contributed by atoms with Crippen LogP contribution >= 0.6 is 11.6 Å². The average molecular weight is 287 g/mol. The van der Waals surface area contributed by atoms with Crippen LogP contribution in [-0.4, -0.2) is 18.0 Å². The summed E-state index contributed by atoms with van der Waals surface area (Å²) in [5, 5.41) is 0.770. The van der Waals surface area contributed by atoms with E-state index >= 15 is 0 Å². The maximum absolute atomic E-state index is 6.27. The largest absolute Gasteiger partial charge is 0.398 e. The van der Waals surface area contributed by atoms with Gasteiger partial charge in [0.2, 0.25) is 0 Å². The molecule has 2 aromatic rings. The van der Waals surface area contributed by atoms with Crippen LogP contribution in [0.5, 0.6) is 0 Å². The Morgan fingerprint density at radius 3 is 2.20 bits per heavy atom. The molecule has 104 valence electrons. The molecule has 3 rings (SSSR count). The summed E-state index contributed by atoms with van der Waals surface area (Å²) in [6.07, 6.45) is 2.20. The van der Waals surface area contributed by atoms with Gasteiger partial charge in [-0.05, 0) is 36.1 Å². The Hall–Kier alpha value is -1.51. The third-order valence-corrected chi connectivity index (χ3v) is 4.40. The molecule has 0 saturated carbocycles. The molecule has 0 bridgehead atoms. The van der Waals surface area contributed by atoms with E-state index in [2.05, 4.69) is 29.2 Å². The van der Waals surface area contributed by atoms with Crippen LogP contribution in [0.1, 0.15) is 16.7 Å². The standard InChI is InChI=1S/C17H19ClN2/c18-16-6-3-7-17(19)15(16)12-20-10-8-13-4-1-2-5-14(13)9-11-20/h1-7H,8-12,19H2. The van der Waals surface area contributed by atoms with E-state index in [1.54, 1.807) is 0 Å². The quantitative estimate of drug-likeness (QED) is 0.856. The molecular formula is C17H19ClN2. The van der Waals surface area contributed by atoms with E-state index in [4.69, 9.17) is 17.3 Å². The summed E-state index contributed by atoms with van der Waals surface area (Å²) in [7, 11) is 0. The highest BCUT2D eigenvalue weighted by Gasteiger charge is 2.15. The molecule has 0 saturated heterocycles. The number of nitrogens with zero attached hydrogens (tertiary/aromatic N) is 1. The number of fused-ring (bicyclic) bond motifs is 1. The van der Waals surface area contributed by atoms with Crippen LogP contribution in [0.15, 0.2) is 42.5 Å². The Morgan fingerprint density at radius 2 is 1.60 bits per heavy atom. The van der Waals surface area contributed by atoms with E-state index in [1.165, 1.54) is 11.1 Å². The van der Waals surface area contributed by atoms with Crippen molar-refractivity contribution in [2.45, 2.75) is 19.4 Å². The van der Waals surface area contributed by atoms with E-state index in [0.29, 0.717) is 0 Å². The number of nitrogens with two attached hydrogens (primary N) is 1. The van der Waals surface area contributed by atoms with Gasteiger partial charge < -0.3 is 5.73 Å². The van der Waals surface area contributed by atoms with E-state index in [1.807, 2.05) is 18.2 Å². The summed E-state index contributed by atoms with van der Waals surface area (Å²) in [6.45, 7) is 2.95. The summed E-state index contributed by atoms with van der Waals surface area (Å²) < 4.78 is 0. The molecule has 0 unspecified atom stereocenters. The third-order valence-electron chi connectivity index (χ3n) is 4.05. The number of anilines is 1. The number of hydrogen-bond acceptors (Lipinski definition) is 2. The molecule has 2 nitrogen and oxygen atoms in total. The van der Waals surface area contributed by atoms with Crippen molar-refractivity contribution >= 4 is 17.3 Å². The first-order chi connectivity index (χ1) is 9.74. The number of benzene rings is 2. The second-order valence-electron chi connectivity index (χ2n) is 5.35. The zero-order chi connectivity index (χ0) is 13.9. The van der Waals surface area contributed by atoms with Gasteiger partial charge in [0.25, 0.3) is 0 Å². The summed E-state index contributed by atoms with van der Waals surface area (Å²) in [6, 6.07) is 14.5. The van der Waals surface area contributed by atoms with Crippen LogP contribution in [0.2, 0.25) is 5.02 Å². The summed E-state index contributed by atoms with van der Waals surface area (Å²) in [5.74, 6) is 0. The van der Waals surface area contributed by atoms with Gasteiger partial charge in [0.05, 0.1) is 0 Å². The van der Waals surface area contributed by atoms with E-state index < -0.39 is 0 Å². The predicted molar refractivity (Wildman–Crippen MR) is 85.0 cm³/mol. The highest BCUT2D eigenvalue weighted by molar-refractivity contribution is 6.31. The van der Waals surface area contributed by atoms with Crippen molar-refractivity contribution in [2.24, 2.45) is 0 Å². The SMILES string of the molecule is Nc1cccc(Cl)c1CN1CCc2ccccc2CC1. The van der Waals surface area contributed by atoms with Crippen LogP contribution in [0.4, 0.5) is 5.69 Å². The fourth-order valence-corrected chi connectivity index (χ4v) is 3.08. The van der Waals surface area contributed by atoms with Crippen LogP contribution in [0.25, 0.3) is 0 Å². The van der Waals surface area contributed by atoms with Gasteiger partial charge in [-0.2, -0.15) is 0 Å². The minimum atomic E-state index is 0.770. The van der Waals surface area contributed by atoms with Crippen molar-refractivity contribution in [3.63, 3.8) is 0 Å². The maximum atomic E-state index is 6.27. The predicted octanol–water partition coefficient (Wildman–Crippen LogP) is 3.52. The normalized spacial score (nSPS) is 15.7. The van der Waals surface area contributed by atoms with Crippen molar-refractivity contribution in [3.05, 3.63) is 64.2 Å². The van der Waals surface area contributed by atoms with Crippen molar-refractivity contribution in [1.82, 2.24) is 4.90 Å². The summed E-state index contributed by atoms with van der Waals surface area (Å²) in [4.78, 5) is 2.44. The molecule has 2 aromatic carbocycles. The van der Waals surface area contributed by atoms with Gasteiger partial charge in [-0.15, -0.1) is 0 Å². The van der Waals surface area contributed by atoms with Gasteiger partial charge in [0.15, 0.2) is 0 Å². The fraction of sp³-hybridized carbons (Fsp3) is 0.294. The van der Waals surface area contributed by atoms with Gasteiger partial charge in [-0.1, -0.05) is 41.9 Å². The molecule has 1 aliphatic heterocycles. The average Bonchev–Trinajstić information content (AvgIpc) is 2.66. The second-order valence-corrected chi connectivity index (χ2v) is 5.76. The first kappa shape index (κ1) is 13.5. The molecule has 20 heavy (non-hydrogen) atoms. The Bertz CT molecular complexity index is 562. The summed E-state index contributed by atoms with van der Waals surface area (Å²) in [5.41, 5.74) is 10.8. The molecule has 0 amide bonds. The van der Waals surface area contributed by atoms with Crippen LogP contribution in [0.3, 0.4) is 0 Å². The molecule has 0 radical (unpaired) electrons. The van der Waals surface area contributed by atoms with Crippen LogP contribution < -0.4 is 5.73 Å². The van der Waals surface area contributed by atoms with Crippen molar-refractivity contribution < 1.29 is 0 Å². The third kappa shape index (κ3) is 2.82. The Labute approximate surface area is 125 Å². The molecular weight excluding hydrogens is 268 g/mol. The Balaban J connectivity index is 1.75. The summed E-state index contributed by atoms with van der Waals surface area (Å²) >= 11 is 6.27. The van der Waals surface area contributed by atoms with Crippen LogP contribution in [0, 0.1) is 0 Å². The lowest BCUT2D eigenvalue weighted by Crippen LogP contribution is -2.26. The van der Waals surface area contributed by atoms with E-state index in [9.17, 15) is 0 Å². The molecule has 0 aromatic heterocycles. The molecule has 0 aliphatic carbocycles. The first-order valence-electron chi connectivity index (χ1n) is 7.06. The van der Waals surface area contributed by atoms with Gasteiger partial charge in [-0.3, -0.25) is 4.90 Å². The van der Waals surface area contributed by atoms with Crippen molar-refractivity contribution in [3.8, 4) is 0 Å². The van der Waals surface area contributed by atoms with Gasteiger partial charge in [0, 0.05) is 35.9 Å². The first-order valence-corrected chi connectivity index (χ1v) is 7.44. The monoisotopic (exact) mass is 286 g/mol. The topological polar surface area (TPSA) is 29.3 Å². The van der Waals surface area contributed by atoms with Gasteiger partial charge in [-0.25, -0.2) is 0 Å². The maximum Gasteiger partial charge on any atom is 0.0471 e. The second kappa shape index (κ2) is 5.86. The lowest BCUT2D eigenvalue weighted by atomic mass is 10.0. The number of nitrogen functional groups attached to an aromatic ring is 1. The Kier molecular flexibility index (Phi) is 3.95. The molecule has 0 atom stereocenters. The smallest absolute Gasteiger partial charge is 0.0471 e. The molecule has 2 N–H and O–H groups in total. The molecule has 0 fully saturated rings.